The summed E-state index contributed by atoms with van der Waals surface area (Å²) in [5.74, 6) is 0. The molecule has 0 aromatic heterocycles. The second-order valence-corrected chi connectivity index (χ2v) is 6.33. The molecule has 1 N–H and O–H groups in total. The second kappa shape index (κ2) is 5.27. The predicted octanol–water partition coefficient (Wildman–Crippen LogP) is 3.03. The molecule has 1 heterocycles. The average Bonchev–Trinajstić information content (AvgIpc) is 3.15. The smallest absolute Gasteiger partial charge is 0.0303 e. The maximum atomic E-state index is 3.81. The molecule has 2 heteroatoms. The molecular weight excluding hydrogens is 208 g/mol. The second-order valence-electron chi connectivity index (χ2n) is 6.33. The molecule has 2 rings (SSSR count). The monoisotopic (exact) mass is 238 g/mol. The van der Waals surface area contributed by atoms with Gasteiger partial charge in [-0.1, -0.05) is 20.8 Å². The fraction of sp³-hybridized carbons (Fsp3) is 1.00. The molecule has 17 heavy (non-hydrogen) atoms. The zero-order valence-electron chi connectivity index (χ0n) is 12.0. The zero-order valence-corrected chi connectivity index (χ0v) is 12.0. The molecule has 0 unspecified atom stereocenters. The quantitative estimate of drug-likeness (QED) is 0.792. The van der Waals surface area contributed by atoms with Crippen LogP contribution in [-0.2, 0) is 0 Å². The molecule has 0 bridgehead atoms. The lowest BCUT2D eigenvalue weighted by Gasteiger charge is -2.36. The summed E-state index contributed by atoms with van der Waals surface area (Å²) in [7, 11) is 0. The topological polar surface area (TPSA) is 15.3 Å². The predicted molar refractivity (Wildman–Crippen MR) is 74.3 cm³/mol. The SMILES string of the molecule is CCC1(CN2CCCNC(CC)(CC)C2)CC1. The van der Waals surface area contributed by atoms with E-state index in [4.69, 9.17) is 0 Å². The Morgan fingerprint density at radius 1 is 1.06 bits per heavy atom. The molecule has 1 aliphatic heterocycles. The Labute approximate surface area is 107 Å². The van der Waals surface area contributed by atoms with Crippen molar-refractivity contribution in [3.63, 3.8) is 0 Å². The fourth-order valence-corrected chi connectivity index (χ4v) is 3.35. The van der Waals surface area contributed by atoms with Crippen LogP contribution in [0.25, 0.3) is 0 Å². The standard InChI is InChI=1S/C15H30N2/c1-4-14(8-9-14)12-17-11-7-10-16-15(5-2,6-3)13-17/h16H,4-13H2,1-3H3. The van der Waals surface area contributed by atoms with Gasteiger partial charge in [-0.25, -0.2) is 0 Å². The molecule has 1 aliphatic carbocycles. The zero-order chi connectivity index (χ0) is 12.4. The summed E-state index contributed by atoms with van der Waals surface area (Å²) in [4.78, 5) is 2.75. The van der Waals surface area contributed by atoms with Gasteiger partial charge in [-0.15, -0.1) is 0 Å². The third-order valence-electron chi connectivity index (χ3n) is 5.30. The van der Waals surface area contributed by atoms with E-state index in [1.807, 2.05) is 0 Å². The first-order valence-electron chi connectivity index (χ1n) is 7.65. The van der Waals surface area contributed by atoms with Gasteiger partial charge in [-0.3, -0.25) is 0 Å². The van der Waals surface area contributed by atoms with E-state index in [9.17, 15) is 0 Å². The van der Waals surface area contributed by atoms with E-state index < -0.39 is 0 Å². The van der Waals surface area contributed by atoms with Crippen LogP contribution in [0.5, 0.6) is 0 Å². The molecule has 1 saturated carbocycles. The largest absolute Gasteiger partial charge is 0.310 e. The van der Waals surface area contributed by atoms with E-state index in [1.165, 1.54) is 64.7 Å². The molecule has 2 nitrogen and oxygen atoms in total. The van der Waals surface area contributed by atoms with Crippen LogP contribution in [0.4, 0.5) is 0 Å². The molecule has 0 aromatic rings. The van der Waals surface area contributed by atoms with Crippen molar-refractivity contribution in [2.75, 3.05) is 26.2 Å². The summed E-state index contributed by atoms with van der Waals surface area (Å²) in [6.45, 7) is 12.2. The summed E-state index contributed by atoms with van der Waals surface area (Å²) in [6.07, 6.45) is 8.17. The molecule has 0 amide bonds. The Morgan fingerprint density at radius 2 is 1.76 bits per heavy atom. The van der Waals surface area contributed by atoms with Gasteiger partial charge in [-0.2, -0.15) is 0 Å². The van der Waals surface area contributed by atoms with Crippen LogP contribution in [0.2, 0.25) is 0 Å². The van der Waals surface area contributed by atoms with Gasteiger partial charge in [0.05, 0.1) is 0 Å². The van der Waals surface area contributed by atoms with Crippen molar-refractivity contribution in [3.05, 3.63) is 0 Å². The van der Waals surface area contributed by atoms with Crippen LogP contribution in [-0.4, -0.2) is 36.6 Å². The van der Waals surface area contributed by atoms with Gasteiger partial charge in [0.25, 0.3) is 0 Å². The molecule has 100 valence electrons. The average molecular weight is 238 g/mol. The lowest BCUT2D eigenvalue weighted by Crippen LogP contribution is -2.51. The van der Waals surface area contributed by atoms with Crippen LogP contribution in [0.15, 0.2) is 0 Å². The van der Waals surface area contributed by atoms with Crippen molar-refractivity contribution in [1.82, 2.24) is 10.2 Å². The highest BCUT2D eigenvalue weighted by Gasteiger charge is 2.43. The number of nitrogens with one attached hydrogen (secondary N) is 1. The highest BCUT2D eigenvalue weighted by atomic mass is 15.2. The van der Waals surface area contributed by atoms with Crippen LogP contribution in [0.3, 0.4) is 0 Å². The molecule has 0 aromatic carbocycles. The van der Waals surface area contributed by atoms with Crippen molar-refractivity contribution in [1.29, 1.82) is 0 Å². The highest BCUT2D eigenvalue weighted by molar-refractivity contribution is 4.98. The van der Waals surface area contributed by atoms with Gasteiger partial charge >= 0.3 is 0 Å². The van der Waals surface area contributed by atoms with Gasteiger partial charge in [-0.05, 0) is 57.0 Å². The lowest BCUT2D eigenvalue weighted by atomic mass is 9.91. The molecule has 0 radical (unpaired) electrons. The normalized spacial score (nSPS) is 27.7. The summed E-state index contributed by atoms with van der Waals surface area (Å²) < 4.78 is 0. The van der Waals surface area contributed by atoms with Gasteiger partial charge in [0.1, 0.15) is 0 Å². The first-order valence-corrected chi connectivity index (χ1v) is 7.65. The van der Waals surface area contributed by atoms with Crippen molar-refractivity contribution >= 4 is 0 Å². The van der Waals surface area contributed by atoms with E-state index in [0.717, 1.165) is 0 Å². The van der Waals surface area contributed by atoms with Gasteiger partial charge < -0.3 is 10.2 Å². The Bertz CT molecular complexity index is 241. The van der Waals surface area contributed by atoms with E-state index in [1.54, 1.807) is 0 Å². The number of hydrogen-bond acceptors (Lipinski definition) is 2. The summed E-state index contributed by atoms with van der Waals surface area (Å²) in [5.41, 5.74) is 1.10. The van der Waals surface area contributed by atoms with Crippen LogP contribution >= 0.6 is 0 Å². The molecule has 1 saturated heterocycles. The van der Waals surface area contributed by atoms with Crippen molar-refractivity contribution in [2.45, 2.75) is 64.8 Å². The van der Waals surface area contributed by atoms with E-state index in [-0.39, 0.29) is 0 Å². The third-order valence-corrected chi connectivity index (χ3v) is 5.30. The fourth-order valence-electron chi connectivity index (χ4n) is 3.35. The van der Waals surface area contributed by atoms with Crippen LogP contribution in [0.1, 0.15) is 59.3 Å². The van der Waals surface area contributed by atoms with Crippen LogP contribution < -0.4 is 5.32 Å². The molecule has 0 atom stereocenters. The highest BCUT2D eigenvalue weighted by Crippen LogP contribution is 2.49. The minimum Gasteiger partial charge on any atom is -0.310 e. The number of hydrogen-bond donors (Lipinski definition) is 1. The Balaban J connectivity index is 1.97. The van der Waals surface area contributed by atoms with E-state index >= 15 is 0 Å². The Hall–Kier alpha value is -0.0800. The van der Waals surface area contributed by atoms with Crippen molar-refractivity contribution < 1.29 is 0 Å². The summed E-state index contributed by atoms with van der Waals surface area (Å²) in [5, 5.41) is 3.81. The summed E-state index contributed by atoms with van der Waals surface area (Å²) >= 11 is 0. The first kappa shape index (κ1) is 13.4. The maximum Gasteiger partial charge on any atom is 0.0303 e. The van der Waals surface area contributed by atoms with Gasteiger partial charge in [0, 0.05) is 18.6 Å². The van der Waals surface area contributed by atoms with E-state index in [2.05, 4.69) is 31.0 Å². The summed E-state index contributed by atoms with van der Waals surface area (Å²) in [6, 6.07) is 0. The van der Waals surface area contributed by atoms with Gasteiger partial charge in [0.2, 0.25) is 0 Å². The maximum absolute atomic E-state index is 3.81. The molecule has 2 aliphatic rings. The Morgan fingerprint density at radius 3 is 2.29 bits per heavy atom. The minimum atomic E-state index is 0.389. The van der Waals surface area contributed by atoms with Crippen LogP contribution in [0, 0.1) is 5.41 Å². The molecule has 2 fully saturated rings. The Kier molecular flexibility index (Phi) is 4.14. The van der Waals surface area contributed by atoms with E-state index in [0.29, 0.717) is 11.0 Å². The number of rotatable bonds is 5. The third kappa shape index (κ3) is 3.03. The molecule has 0 spiro atoms. The first-order chi connectivity index (χ1) is 8.17. The molecular formula is C15H30N2. The van der Waals surface area contributed by atoms with Crippen molar-refractivity contribution in [2.24, 2.45) is 5.41 Å². The lowest BCUT2D eigenvalue weighted by molar-refractivity contribution is 0.165. The van der Waals surface area contributed by atoms with Crippen molar-refractivity contribution in [3.8, 4) is 0 Å². The van der Waals surface area contributed by atoms with Gasteiger partial charge in [0.15, 0.2) is 0 Å². The minimum absolute atomic E-state index is 0.389. The number of nitrogens with zero attached hydrogens (tertiary/aromatic N) is 1.